The molecule has 0 bridgehead atoms. The maximum absolute atomic E-state index is 12.7. The Hall–Kier alpha value is -2.04. The van der Waals surface area contributed by atoms with Crippen molar-refractivity contribution in [1.29, 1.82) is 0 Å². The molecule has 9 heteroatoms. The Morgan fingerprint density at radius 3 is 2.27 bits per heavy atom. The topological polar surface area (TPSA) is 86.3 Å². The summed E-state index contributed by atoms with van der Waals surface area (Å²) >= 11 is 0. The summed E-state index contributed by atoms with van der Waals surface area (Å²) in [5, 5.41) is 6.54. The molecule has 2 N–H and O–H groups in total. The highest BCUT2D eigenvalue weighted by atomic mass is 127. The molecular formula is C24H38IN5O3. The lowest BCUT2D eigenvalue weighted by Crippen LogP contribution is -2.52. The lowest BCUT2D eigenvalue weighted by Gasteiger charge is -2.33. The van der Waals surface area contributed by atoms with Crippen molar-refractivity contribution in [2.75, 3.05) is 46.4 Å². The number of benzene rings is 1. The van der Waals surface area contributed by atoms with E-state index in [-0.39, 0.29) is 48.6 Å². The average molecular weight is 572 g/mol. The van der Waals surface area contributed by atoms with Crippen LogP contribution in [0.2, 0.25) is 0 Å². The first-order valence-corrected chi connectivity index (χ1v) is 11.8. The van der Waals surface area contributed by atoms with Gasteiger partial charge in [-0.3, -0.25) is 9.79 Å². The number of amides is 2. The molecule has 2 saturated heterocycles. The maximum atomic E-state index is 12.7. The van der Waals surface area contributed by atoms with E-state index < -0.39 is 0 Å². The zero-order chi connectivity index (χ0) is 22.8. The molecule has 0 aromatic heterocycles. The molecule has 3 rings (SSSR count). The largest absolute Gasteiger partial charge is 0.450 e. The third-order valence-corrected chi connectivity index (χ3v) is 6.33. The van der Waals surface area contributed by atoms with Crippen molar-refractivity contribution < 1.29 is 14.3 Å². The van der Waals surface area contributed by atoms with Crippen molar-refractivity contribution in [1.82, 2.24) is 20.4 Å². The Morgan fingerprint density at radius 2 is 1.67 bits per heavy atom. The summed E-state index contributed by atoms with van der Waals surface area (Å²) in [6.45, 7) is 5.40. The van der Waals surface area contributed by atoms with Gasteiger partial charge in [-0.25, -0.2) is 4.79 Å². The highest BCUT2D eigenvalue weighted by Crippen LogP contribution is 2.21. The smallest absolute Gasteiger partial charge is 0.409 e. The van der Waals surface area contributed by atoms with Crippen molar-refractivity contribution in [3.8, 4) is 0 Å². The van der Waals surface area contributed by atoms with Gasteiger partial charge in [-0.15, -0.1) is 24.0 Å². The van der Waals surface area contributed by atoms with Crippen LogP contribution in [0, 0.1) is 5.92 Å². The normalized spacial score (nSPS) is 17.8. The molecule has 0 atom stereocenters. The highest BCUT2D eigenvalue weighted by Gasteiger charge is 2.25. The number of ether oxygens (including phenoxy) is 1. The Labute approximate surface area is 214 Å². The van der Waals surface area contributed by atoms with Gasteiger partial charge in [0.25, 0.3) is 0 Å². The molecule has 0 radical (unpaired) electrons. The van der Waals surface area contributed by atoms with Crippen LogP contribution in [0.25, 0.3) is 0 Å². The van der Waals surface area contributed by atoms with E-state index >= 15 is 0 Å². The fourth-order valence-corrected chi connectivity index (χ4v) is 4.41. The lowest BCUT2D eigenvalue weighted by atomic mass is 9.90. The number of guanidine groups is 1. The molecule has 1 aromatic carbocycles. The number of piperidine rings is 2. The molecule has 2 amide bonds. The van der Waals surface area contributed by atoms with Gasteiger partial charge in [0.2, 0.25) is 5.91 Å². The van der Waals surface area contributed by atoms with Gasteiger partial charge in [-0.1, -0.05) is 30.3 Å². The minimum absolute atomic E-state index is 0. The molecule has 1 aromatic rings. The number of likely N-dealkylation sites (tertiary alicyclic amines) is 2. The van der Waals surface area contributed by atoms with Crippen LogP contribution in [0.5, 0.6) is 0 Å². The van der Waals surface area contributed by atoms with Crippen molar-refractivity contribution in [2.45, 2.75) is 45.1 Å². The van der Waals surface area contributed by atoms with Crippen LogP contribution >= 0.6 is 24.0 Å². The van der Waals surface area contributed by atoms with Crippen LogP contribution in [0.1, 0.15) is 38.2 Å². The van der Waals surface area contributed by atoms with Gasteiger partial charge in [0, 0.05) is 39.3 Å². The van der Waals surface area contributed by atoms with Gasteiger partial charge >= 0.3 is 6.09 Å². The Bertz CT molecular complexity index is 761. The minimum atomic E-state index is -0.244. The van der Waals surface area contributed by atoms with Gasteiger partial charge in [0.05, 0.1) is 13.2 Å². The molecule has 0 spiro atoms. The van der Waals surface area contributed by atoms with Crippen LogP contribution in [-0.2, 0) is 16.0 Å². The fourth-order valence-electron chi connectivity index (χ4n) is 4.41. The summed E-state index contributed by atoms with van der Waals surface area (Å²) in [5.41, 5.74) is 1.38. The monoisotopic (exact) mass is 571 g/mol. The molecule has 33 heavy (non-hydrogen) atoms. The van der Waals surface area contributed by atoms with E-state index in [9.17, 15) is 9.59 Å². The summed E-state index contributed by atoms with van der Waals surface area (Å²) in [4.78, 5) is 32.5. The van der Waals surface area contributed by atoms with E-state index in [4.69, 9.17) is 4.74 Å². The van der Waals surface area contributed by atoms with Gasteiger partial charge < -0.3 is 25.2 Å². The van der Waals surface area contributed by atoms with Crippen molar-refractivity contribution in [2.24, 2.45) is 10.9 Å². The second kappa shape index (κ2) is 14.3. The lowest BCUT2D eigenvalue weighted by molar-refractivity contribution is -0.131. The van der Waals surface area contributed by atoms with Gasteiger partial charge in [0.15, 0.2) is 5.96 Å². The maximum Gasteiger partial charge on any atom is 0.409 e. The van der Waals surface area contributed by atoms with Crippen LogP contribution in [0.3, 0.4) is 0 Å². The number of hydrogen-bond donors (Lipinski definition) is 2. The third kappa shape index (κ3) is 8.68. The zero-order valence-corrected chi connectivity index (χ0v) is 22.1. The average Bonchev–Trinajstić information content (AvgIpc) is 2.83. The quantitative estimate of drug-likeness (QED) is 0.312. The molecular weight excluding hydrogens is 533 g/mol. The second-order valence-corrected chi connectivity index (χ2v) is 8.54. The summed E-state index contributed by atoms with van der Waals surface area (Å²) < 4.78 is 5.07. The molecule has 0 unspecified atom stereocenters. The Balaban J connectivity index is 0.00000385. The predicted octanol–water partition coefficient (Wildman–Crippen LogP) is 2.87. The number of carbonyl (C=O) groups excluding carboxylic acids is 2. The van der Waals surface area contributed by atoms with Gasteiger partial charge in [-0.2, -0.15) is 0 Å². The van der Waals surface area contributed by atoms with E-state index in [0.29, 0.717) is 31.6 Å². The number of hydrogen-bond acceptors (Lipinski definition) is 4. The zero-order valence-electron chi connectivity index (χ0n) is 19.8. The number of halogens is 1. The molecule has 2 aliphatic heterocycles. The van der Waals surface area contributed by atoms with Crippen LogP contribution in [0.4, 0.5) is 4.79 Å². The molecule has 0 saturated carbocycles. The molecule has 8 nitrogen and oxygen atoms in total. The minimum Gasteiger partial charge on any atom is -0.450 e. The van der Waals surface area contributed by atoms with Gasteiger partial charge in [0.1, 0.15) is 0 Å². The van der Waals surface area contributed by atoms with Crippen molar-refractivity contribution in [3.05, 3.63) is 35.9 Å². The number of aliphatic imine (C=N–C) groups is 1. The number of rotatable bonds is 6. The number of nitrogens with zero attached hydrogens (tertiary/aromatic N) is 3. The third-order valence-electron chi connectivity index (χ3n) is 6.33. The predicted molar refractivity (Wildman–Crippen MR) is 141 cm³/mol. The van der Waals surface area contributed by atoms with Crippen LogP contribution < -0.4 is 10.6 Å². The van der Waals surface area contributed by atoms with Crippen LogP contribution in [0.15, 0.2) is 35.3 Å². The SMILES string of the molecule is CCOC(=O)N1CCC(NC(=NC)NCC(=O)N2CCC(Cc3ccccc3)CC2)CC1.I. The highest BCUT2D eigenvalue weighted by molar-refractivity contribution is 14.0. The molecule has 2 fully saturated rings. The molecule has 184 valence electrons. The number of nitrogens with one attached hydrogen (secondary N) is 2. The van der Waals surface area contributed by atoms with E-state index in [1.54, 1.807) is 11.9 Å². The van der Waals surface area contributed by atoms with Crippen LogP contribution in [-0.4, -0.2) is 80.2 Å². The second-order valence-electron chi connectivity index (χ2n) is 8.54. The van der Waals surface area contributed by atoms with E-state index in [2.05, 4.69) is 39.9 Å². The first-order valence-electron chi connectivity index (χ1n) is 11.8. The van der Waals surface area contributed by atoms with E-state index in [1.165, 1.54) is 5.56 Å². The fraction of sp³-hybridized carbons (Fsp3) is 0.625. The molecule has 0 aliphatic carbocycles. The standard InChI is InChI=1S/C24H37N5O3.HI/c1-3-32-24(31)29-15-11-21(12-16-29)27-23(25-2)26-18-22(30)28-13-9-20(10-14-28)17-19-7-5-4-6-8-19;/h4-8,20-21H,3,9-18H2,1-2H3,(H2,25,26,27);1H. The Morgan fingerprint density at radius 1 is 1.03 bits per heavy atom. The first kappa shape index (κ1) is 27.2. The van der Waals surface area contributed by atoms with E-state index in [1.807, 2.05) is 17.9 Å². The Kier molecular flexibility index (Phi) is 11.8. The first-order chi connectivity index (χ1) is 15.6. The summed E-state index contributed by atoms with van der Waals surface area (Å²) in [6, 6.07) is 10.8. The molecule has 2 aliphatic rings. The molecule has 2 heterocycles. The van der Waals surface area contributed by atoms with Crippen molar-refractivity contribution in [3.63, 3.8) is 0 Å². The summed E-state index contributed by atoms with van der Waals surface area (Å²) in [5.74, 6) is 1.39. The summed E-state index contributed by atoms with van der Waals surface area (Å²) in [6.07, 6.45) is 4.59. The number of carbonyl (C=O) groups is 2. The summed E-state index contributed by atoms with van der Waals surface area (Å²) in [7, 11) is 1.71. The van der Waals surface area contributed by atoms with Gasteiger partial charge in [-0.05, 0) is 50.5 Å². The van der Waals surface area contributed by atoms with E-state index in [0.717, 1.165) is 45.2 Å². The van der Waals surface area contributed by atoms with Crippen molar-refractivity contribution >= 4 is 41.9 Å².